The first-order valence-electron chi connectivity index (χ1n) is 9.26. The van der Waals surface area contributed by atoms with Crippen molar-refractivity contribution in [3.05, 3.63) is 48.3 Å². The highest BCUT2D eigenvalue weighted by atomic mass is 19.4. The number of hydrogen-bond acceptors (Lipinski definition) is 5. The number of nitrogens with zero attached hydrogens (tertiary/aromatic N) is 1. The quantitative estimate of drug-likeness (QED) is 0.661. The molecule has 1 heterocycles. The molecule has 1 aliphatic heterocycles. The molecule has 3 rings (SSSR count). The number of rotatable bonds is 7. The summed E-state index contributed by atoms with van der Waals surface area (Å²) in [5.41, 5.74) is 1.53. The fourth-order valence-electron chi connectivity index (χ4n) is 2.88. The van der Waals surface area contributed by atoms with Crippen molar-refractivity contribution in [1.82, 2.24) is 0 Å². The van der Waals surface area contributed by atoms with Crippen LogP contribution in [0.1, 0.15) is 0 Å². The Labute approximate surface area is 170 Å². The van der Waals surface area contributed by atoms with Crippen LogP contribution < -0.4 is 20.3 Å². The molecule has 1 aliphatic rings. The number of anilines is 3. The lowest BCUT2D eigenvalue weighted by Gasteiger charge is -2.28. The summed E-state index contributed by atoms with van der Waals surface area (Å²) in [6, 6.07) is 10.3. The molecule has 0 bridgehead atoms. The molecule has 1 fully saturated rings. The second kappa shape index (κ2) is 9.66. The van der Waals surface area contributed by atoms with Crippen molar-refractivity contribution in [1.29, 1.82) is 0 Å². The van der Waals surface area contributed by atoms with E-state index in [-0.39, 0.29) is 18.0 Å². The van der Waals surface area contributed by atoms with Crippen LogP contribution in [0.25, 0.3) is 0 Å². The molecular weight excluding hydrogens is 406 g/mol. The molecule has 10 heteroatoms. The zero-order chi connectivity index (χ0) is 21.6. The molecule has 0 saturated carbocycles. The van der Waals surface area contributed by atoms with Crippen molar-refractivity contribution in [2.45, 2.75) is 6.18 Å². The molecule has 162 valence electrons. The van der Waals surface area contributed by atoms with Gasteiger partial charge in [0.15, 0.2) is 6.61 Å². The average Bonchev–Trinajstić information content (AvgIpc) is 2.72. The Morgan fingerprint density at radius 3 is 2.47 bits per heavy atom. The molecule has 0 aliphatic carbocycles. The first-order valence-corrected chi connectivity index (χ1v) is 9.26. The van der Waals surface area contributed by atoms with Crippen molar-refractivity contribution in [3.8, 4) is 5.75 Å². The predicted octanol–water partition coefficient (Wildman–Crippen LogP) is 3.65. The van der Waals surface area contributed by atoms with Crippen LogP contribution in [0.2, 0.25) is 0 Å². The van der Waals surface area contributed by atoms with Gasteiger partial charge >= 0.3 is 6.18 Å². The van der Waals surface area contributed by atoms with Gasteiger partial charge in [-0.1, -0.05) is 0 Å². The molecule has 1 saturated heterocycles. The van der Waals surface area contributed by atoms with Crippen LogP contribution in [0.4, 0.5) is 34.6 Å². The molecule has 0 unspecified atom stereocenters. The van der Waals surface area contributed by atoms with Gasteiger partial charge < -0.3 is 25.0 Å². The zero-order valence-electron chi connectivity index (χ0n) is 16.0. The first kappa shape index (κ1) is 21.7. The number of ether oxygens (including phenoxy) is 2. The van der Waals surface area contributed by atoms with Gasteiger partial charge in [-0.2, -0.15) is 13.2 Å². The summed E-state index contributed by atoms with van der Waals surface area (Å²) in [4.78, 5) is 14.3. The van der Waals surface area contributed by atoms with E-state index in [1.54, 1.807) is 12.1 Å². The van der Waals surface area contributed by atoms with Gasteiger partial charge in [-0.05, 0) is 36.4 Å². The van der Waals surface area contributed by atoms with Crippen molar-refractivity contribution >= 4 is 23.0 Å². The maximum absolute atomic E-state index is 13.5. The third kappa shape index (κ3) is 6.51. The van der Waals surface area contributed by atoms with E-state index < -0.39 is 24.5 Å². The second-order valence-electron chi connectivity index (χ2n) is 6.59. The molecular formula is C20H21F4N3O3. The number of hydrogen-bond donors (Lipinski definition) is 2. The minimum atomic E-state index is -4.53. The van der Waals surface area contributed by atoms with Gasteiger partial charge in [0.1, 0.15) is 11.6 Å². The van der Waals surface area contributed by atoms with Gasteiger partial charge in [-0.3, -0.25) is 4.79 Å². The number of alkyl halides is 3. The Hall–Kier alpha value is -3.01. The molecule has 30 heavy (non-hydrogen) atoms. The lowest BCUT2D eigenvalue weighted by Crippen LogP contribution is -2.36. The normalized spacial score (nSPS) is 14.3. The van der Waals surface area contributed by atoms with Gasteiger partial charge in [-0.25, -0.2) is 4.39 Å². The summed E-state index contributed by atoms with van der Waals surface area (Å²) in [5, 5.41) is 5.28. The zero-order valence-corrected chi connectivity index (χ0v) is 16.0. The van der Waals surface area contributed by atoms with Gasteiger partial charge in [0.2, 0.25) is 5.91 Å². The van der Waals surface area contributed by atoms with Gasteiger partial charge in [0, 0.05) is 30.5 Å². The van der Waals surface area contributed by atoms with Crippen molar-refractivity contribution < 1.29 is 31.8 Å². The third-order valence-electron chi connectivity index (χ3n) is 4.30. The number of nitrogens with one attached hydrogen (secondary N) is 2. The fourth-order valence-corrected chi connectivity index (χ4v) is 2.88. The summed E-state index contributed by atoms with van der Waals surface area (Å²) in [7, 11) is 0. The highest BCUT2D eigenvalue weighted by molar-refractivity contribution is 5.94. The van der Waals surface area contributed by atoms with E-state index in [4.69, 9.17) is 4.74 Å². The van der Waals surface area contributed by atoms with Gasteiger partial charge in [-0.15, -0.1) is 0 Å². The van der Waals surface area contributed by atoms with Crippen LogP contribution in [0.5, 0.6) is 5.75 Å². The Balaban J connectivity index is 1.54. The summed E-state index contributed by atoms with van der Waals surface area (Å²) in [6.07, 6.45) is -4.53. The average molecular weight is 427 g/mol. The highest BCUT2D eigenvalue weighted by Gasteiger charge is 2.29. The van der Waals surface area contributed by atoms with Crippen LogP contribution in [-0.4, -0.2) is 51.5 Å². The number of morpholine rings is 1. The van der Waals surface area contributed by atoms with Crippen molar-refractivity contribution in [2.24, 2.45) is 0 Å². The number of halogens is 4. The summed E-state index contributed by atoms with van der Waals surface area (Å²) >= 11 is 0. The fraction of sp³-hybridized carbons (Fsp3) is 0.350. The summed E-state index contributed by atoms with van der Waals surface area (Å²) in [5.74, 6) is -1.31. The topological polar surface area (TPSA) is 62.8 Å². The largest absolute Gasteiger partial charge is 0.482 e. The molecule has 6 nitrogen and oxygen atoms in total. The molecule has 0 spiro atoms. The second-order valence-corrected chi connectivity index (χ2v) is 6.59. The molecule has 2 N–H and O–H groups in total. The smallest absolute Gasteiger partial charge is 0.422 e. The van der Waals surface area contributed by atoms with Gasteiger partial charge in [0.25, 0.3) is 0 Å². The summed E-state index contributed by atoms with van der Waals surface area (Å²) < 4.78 is 60.5. The van der Waals surface area contributed by atoms with Crippen molar-refractivity contribution in [2.75, 3.05) is 55.0 Å². The molecule has 1 amide bonds. The van der Waals surface area contributed by atoms with Crippen LogP contribution in [0, 0.1) is 5.82 Å². The highest BCUT2D eigenvalue weighted by Crippen LogP contribution is 2.27. The minimum absolute atomic E-state index is 0.0444. The maximum Gasteiger partial charge on any atom is 0.422 e. The minimum Gasteiger partial charge on any atom is -0.482 e. The van der Waals surface area contributed by atoms with E-state index in [1.807, 2.05) is 12.1 Å². The van der Waals surface area contributed by atoms with E-state index in [9.17, 15) is 22.4 Å². The van der Waals surface area contributed by atoms with Crippen molar-refractivity contribution in [3.63, 3.8) is 0 Å². The van der Waals surface area contributed by atoms with E-state index in [1.165, 1.54) is 0 Å². The Bertz CT molecular complexity index is 853. The van der Waals surface area contributed by atoms with Gasteiger partial charge in [0.05, 0.1) is 25.4 Å². The standard InChI is InChI=1S/C20H21F4N3O3/c21-14-1-6-18(30-13-20(22,23)24)17(11-14)25-12-19(28)26-15-2-4-16(5-3-15)27-7-9-29-10-8-27/h1-6,11,25H,7-10,12-13H2,(H,26,28). The summed E-state index contributed by atoms with van der Waals surface area (Å²) in [6.45, 7) is 1.12. The Morgan fingerprint density at radius 1 is 1.10 bits per heavy atom. The lowest BCUT2D eigenvalue weighted by atomic mass is 10.2. The van der Waals surface area contributed by atoms with Crippen LogP contribution in [0.15, 0.2) is 42.5 Å². The van der Waals surface area contributed by atoms with E-state index >= 15 is 0 Å². The monoisotopic (exact) mass is 427 g/mol. The molecule has 0 atom stereocenters. The number of carbonyl (C=O) groups is 1. The van der Waals surface area contributed by atoms with E-state index in [0.717, 1.165) is 37.0 Å². The van der Waals surface area contributed by atoms with Crippen LogP contribution in [0.3, 0.4) is 0 Å². The maximum atomic E-state index is 13.5. The first-order chi connectivity index (χ1) is 14.3. The third-order valence-corrected chi connectivity index (χ3v) is 4.30. The van der Waals surface area contributed by atoms with Crippen LogP contribution in [-0.2, 0) is 9.53 Å². The Kier molecular flexibility index (Phi) is 6.99. The number of amides is 1. The molecule has 0 aromatic heterocycles. The SMILES string of the molecule is O=C(CNc1cc(F)ccc1OCC(F)(F)F)Nc1ccc(N2CCOCC2)cc1. The van der Waals surface area contributed by atoms with E-state index in [2.05, 4.69) is 20.3 Å². The molecule has 2 aromatic carbocycles. The molecule has 0 radical (unpaired) electrons. The lowest BCUT2D eigenvalue weighted by molar-refractivity contribution is -0.153. The molecule has 2 aromatic rings. The van der Waals surface area contributed by atoms with E-state index in [0.29, 0.717) is 18.9 Å². The van der Waals surface area contributed by atoms with Crippen LogP contribution >= 0.6 is 0 Å². The Morgan fingerprint density at radius 2 is 1.80 bits per heavy atom. The number of carbonyl (C=O) groups excluding carboxylic acids is 1. The number of benzene rings is 2. The predicted molar refractivity (Wildman–Crippen MR) is 105 cm³/mol.